The highest BCUT2D eigenvalue weighted by molar-refractivity contribution is 6.10. The van der Waals surface area contributed by atoms with E-state index in [2.05, 4.69) is 5.32 Å². The molecule has 2 aromatic rings. The number of methoxy groups -OCH3 is 1. The van der Waals surface area contributed by atoms with Crippen molar-refractivity contribution >= 4 is 23.6 Å². The van der Waals surface area contributed by atoms with Crippen molar-refractivity contribution in [3.63, 3.8) is 0 Å². The van der Waals surface area contributed by atoms with E-state index in [9.17, 15) is 14.9 Å². The van der Waals surface area contributed by atoms with E-state index in [0.717, 1.165) is 5.56 Å². The first-order valence-corrected chi connectivity index (χ1v) is 8.42. The molecule has 0 fully saturated rings. The van der Waals surface area contributed by atoms with Crippen molar-refractivity contribution in [2.75, 3.05) is 12.4 Å². The predicted molar refractivity (Wildman–Crippen MR) is 104 cm³/mol. The number of carbonyl (C=O) groups is 2. The molecule has 0 heterocycles. The average molecular weight is 380 g/mol. The summed E-state index contributed by atoms with van der Waals surface area (Å²) < 4.78 is 10.7. The molecule has 1 atom stereocenters. The second-order valence-electron chi connectivity index (χ2n) is 5.92. The van der Waals surface area contributed by atoms with E-state index >= 15 is 0 Å². The number of nitrogens with zero attached hydrogens (tertiary/aromatic N) is 1. The van der Waals surface area contributed by atoms with Crippen LogP contribution >= 0.6 is 0 Å². The van der Waals surface area contributed by atoms with Gasteiger partial charge in [-0.3, -0.25) is 4.79 Å². The smallest absolute Gasteiger partial charge is 0.344 e. The fraction of sp³-hybridized carbons (Fsp3) is 0.190. The number of hydrogen-bond acceptors (Lipinski definition) is 5. The third-order valence-corrected chi connectivity index (χ3v) is 3.93. The first-order valence-electron chi connectivity index (χ1n) is 8.42. The number of hydrogen-bond donors (Lipinski definition) is 2. The molecule has 0 aliphatic heterocycles. The minimum Gasteiger partial charge on any atom is -0.493 e. The molecule has 2 rings (SSSR count). The van der Waals surface area contributed by atoms with Gasteiger partial charge in [-0.15, -0.1) is 0 Å². The molecule has 0 spiro atoms. The van der Waals surface area contributed by atoms with Crippen LogP contribution in [-0.2, 0) is 9.59 Å². The third kappa shape index (κ3) is 4.89. The van der Waals surface area contributed by atoms with Crippen LogP contribution in [0.25, 0.3) is 6.08 Å². The molecule has 2 aromatic carbocycles. The summed E-state index contributed by atoms with van der Waals surface area (Å²) in [5.74, 6) is -1.31. The first-order chi connectivity index (χ1) is 13.4. The Morgan fingerprint density at radius 1 is 1.21 bits per heavy atom. The van der Waals surface area contributed by atoms with E-state index in [1.807, 2.05) is 25.1 Å². The van der Waals surface area contributed by atoms with Crippen LogP contribution in [0.1, 0.15) is 18.1 Å². The molecule has 28 heavy (non-hydrogen) atoms. The highest BCUT2D eigenvalue weighted by Crippen LogP contribution is 2.33. The number of para-hydroxylation sites is 2. The van der Waals surface area contributed by atoms with Crippen molar-refractivity contribution in [1.82, 2.24) is 0 Å². The number of nitrogens with one attached hydrogen (secondary N) is 1. The van der Waals surface area contributed by atoms with Crippen LogP contribution in [0.3, 0.4) is 0 Å². The van der Waals surface area contributed by atoms with Crippen molar-refractivity contribution in [3.8, 4) is 17.6 Å². The van der Waals surface area contributed by atoms with Crippen molar-refractivity contribution in [2.24, 2.45) is 0 Å². The van der Waals surface area contributed by atoms with Gasteiger partial charge in [0.1, 0.15) is 11.6 Å². The van der Waals surface area contributed by atoms with Crippen molar-refractivity contribution in [3.05, 3.63) is 59.2 Å². The molecule has 0 aliphatic carbocycles. The second-order valence-corrected chi connectivity index (χ2v) is 5.92. The van der Waals surface area contributed by atoms with Gasteiger partial charge in [0.2, 0.25) is 0 Å². The number of rotatable bonds is 7. The largest absolute Gasteiger partial charge is 0.493 e. The molecular formula is C21H20N2O5. The normalized spacial score (nSPS) is 11.9. The molecule has 0 saturated heterocycles. The summed E-state index contributed by atoms with van der Waals surface area (Å²) in [4.78, 5) is 23.7. The Morgan fingerprint density at radius 3 is 2.54 bits per heavy atom. The maximum Gasteiger partial charge on any atom is 0.344 e. The molecule has 1 amide bonds. The monoisotopic (exact) mass is 380 g/mol. The number of carbonyl (C=O) groups excluding carboxylic acids is 1. The van der Waals surface area contributed by atoms with Crippen molar-refractivity contribution < 1.29 is 24.2 Å². The standard InChI is InChI=1S/C21H20N2O5/c1-13-7-4-5-9-17(13)23-20(24)16(12-22)11-15-8-6-10-18(27-3)19(15)28-14(2)21(25)26/h4-11,14H,1-3H3,(H,23,24)(H,25,26)/b16-11-/t14-/m0/s1. The minimum atomic E-state index is -1.15. The maximum atomic E-state index is 12.5. The fourth-order valence-electron chi connectivity index (χ4n) is 2.37. The number of amides is 1. The predicted octanol–water partition coefficient (Wildman–Crippen LogP) is 3.40. The lowest BCUT2D eigenvalue weighted by atomic mass is 10.1. The van der Waals surface area contributed by atoms with E-state index in [4.69, 9.17) is 14.6 Å². The van der Waals surface area contributed by atoms with Crippen LogP contribution < -0.4 is 14.8 Å². The van der Waals surface area contributed by atoms with Crippen LogP contribution in [0.15, 0.2) is 48.0 Å². The Hall–Kier alpha value is -3.79. The molecule has 7 heteroatoms. The number of nitriles is 1. The molecule has 2 N–H and O–H groups in total. The third-order valence-electron chi connectivity index (χ3n) is 3.93. The van der Waals surface area contributed by atoms with Gasteiger partial charge in [0.25, 0.3) is 5.91 Å². The van der Waals surface area contributed by atoms with Gasteiger partial charge in [0, 0.05) is 11.3 Å². The molecule has 0 unspecified atom stereocenters. The summed E-state index contributed by atoms with van der Waals surface area (Å²) in [5.41, 5.74) is 1.64. The quantitative estimate of drug-likeness (QED) is 0.563. The number of anilines is 1. The molecule has 0 bridgehead atoms. The van der Waals surface area contributed by atoms with Crippen molar-refractivity contribution in [1.29, 1.82) is 5.26 Å². The number of ether oxygens (including phenoxy) is 2. The summed E-state index contributed by atoms with van der Waals surface area (Å²) >= 11 is 0. The number of benzene rings is 2. The van der Waals surface area contributed by atoms with E-state index in [1.165, 1.54) is 20.1 Å². The van der Waals surface area contributed by atoms with Crippen LogP contribution in [0, 0.1) is 18.3 Å². The van der Waals surface area contributed by atoms with E-state index in [1.54, 1.807) is 30.3 Å². The fourth-order valence-corrected chi connectivity index (χ4v) is 2.37. The SMILES string of the molecule is COc1cccc(/C=C(/C#N)C(=O)Nc2ccccc2C)c1O[C@@H](C)C(=O)O. The number of carboxylic acids is 1. The number of aryl methyl sites for hydroxylation is 1. The topological polar surface area (TPSA) is 109 Å². The molecule has 0 aliphatic rings. The zero-order valence-electron chi connectivity index (χ0n) is 15.7. The van der Waals surface area contributed by atoms with E-state index in [0.29, 0.717) is 17.0 Å². The first kappa shape index (κ1) is 20.5. The van der Waals surface area contributed by atoms with Gasteiger partial charge in [-0.05, 0) is 37.6 Å². The summed E-state index contributed by atoms with van der Waals surface area (Å²) in [6.45, 7) is 3.21. The zero-order chi connectivity index (χ0) is 20.7. The summed E-state index contributed by atoms with van der Waals surface area (Å²) in [5, 5.41) is 21.2. The van der Waals surface area contributed by atoms with E-state index in [-0.39, 0.29) is 11.3 Å². The van der Waals surface area contributed by atoms with Gasteiger partial charge >= 0.3 is 5.97 Å². The van der Waals surface area contributed by atoms with Crippen LogP contribution in [0.5, 0.6) is 11.5 Å². The van der Waals surface area contributed by atoms with Gasteiger partial charge in [-0.25, -0.2) is 4.79 Å². The average Bonchev–Trinajstić information content (AvgIpc) is 2.68. The summed E-state index contributed by atoms with van der Waals surface area (Å²) in [7, 11) is 1.41. The molecule has 144 valence electrons. The zero-order valence-corrected chi connectivity index (χ0v) is 15.7. The maximum absolute atomic E-state index is 12.5. The lowest BCUT2D eigenvalue weighted by molar-refractivity contribution is -0.144. The molecule has 0 saturated carbocycles. The van der Waals surface area contributed by atoms with Gasteiger partial charge in [0.05, 0.1) is 7.11 Å². The Morgan fingerprint density at radius 2 is 1.93 bits per heavy atom. The van der Waals surface area contributed by atoms with Crippen LogP contribution in [-0.4, -0.2) is 30.2 Å². The lowest BCUT2D eigenvalue weighted by Crippen LogP contribution is -2.23. The second kappa shape index (κ2) is 9.24. The van der Waals surface area contributed by atoms with E-state index < -0.39 is 18.0 Å². The molecule has 7 nitrogen and oxygen atoms in total. The van der Waals surface area contributed by atoms with Gasteiger partial charge < -0.3 is 19.9 Å². The Balaban J connectivity index is 2.40. The Labute approximate surface area is 162 Å². The molecular weight excluding hydrogens is 360 g/mol. The van der Waals surface area contributed by atoms with Gasteiger partial charge in [0.15, 0.2) is 17.6 Å². The number of carboxylic acid groups (broad SMARTS) is 1. The number of aliphatic carboxylic acids is 1. The lowest BCUT2D eigenvalue weighted by Gasteiger charge is -2.16. The van der Waals surface area contributed by atoms with Crippen molar-refractivity contribution in [2.45, 2.75) is 20.0 Å². The minimum absolute atomic E-state index is 0.136. The molecule has 0 aromatic heterocycles. The van der Waals surface area contributed by atoms with Gasteiger partial charge in [-0.2, -0.15) is 5.26 Å². The van der Waals surface area contributed by atoms with Gasteiger partial charge in [-0.1, -0.05) is 30.3 Å². The summed E-state index contributed by atoms with van der Waals surface area (Å²) in [6.07, 6.45) is 0.190. The molecule has 0 radical (unpaired) electrons. The highest BCUT2D eigenvalue weighted by Gasteiger charge is 2.19. The van der Waals surface area contributed by atoms with Crippen LogP contribution in [0.4, 0.5) is 5.69 Å². The Bertz CT molecular complexity index is 960. The highest BCUT2D eigenvalue weighted by atomic mass is 16.5. The Kier molecular flexibility index (Phi) is 6.77. The summed E-state index contributed by atoms with van der Waals surface area (Å²) in [6, 6.07) is 13.9. The van der Waals surface area contributed by atoms with Crippen LogP contribution in [0.2, 0.25) is 0 Å².